The van der Waals surface area contributed by atoms with Crippen molar-refractivity contribution in [2.75, 3.05) is 33.4 Å². The molecule has 0 bridgehead atoms. The van der Waals surface area contributed by atoms with Crippen molar-refractivity contribution in [1.29, 1.82) is 0 Å². The zero-order valence-corrected chi connectivity index (χ0v) is 11.5. The van der Waals surface area contributed by atoms with E-state index < -0.39 is 0 Å². The summed E-state index contributed by atoms with van der Waals surface area (Å²) < 4.78 is 5.37. The molecule has 1 atom stereocenters. The van der Waals surface area contributed by atoms with Crippen LogP contribution in [0.4, 0.5) is 0 Å². The Kier molecular flexibility index (Phi) is 7.20. The van der Waals surface area contributed by atoms with Gasteiger partial charge in [0.25, 0.3) is 0 Å². The van der Waals surface area contributed by atoms with Gasteiger partial charge in [0.05, 0.1) is 6.61 Å². The molecule has 0 aromatic carbocycles. The number of nitrogens with zero attached hydrogens (tertiary/aromatic N) is 1. The zero-order valence-electron chi connectivity index (χ0n) is 11.5. The van der Waals surface area contributed by atoms with Gasteiger partial charge in [-0.2, -0.15) is 0 Å². The zero-order chi connectivity index (χ0) is 11.9. The van der Waals surface area contributed by atoms with Crippen molar-refractivity contribution < 1.29 is 4.74 Å². The van der Waals surface area contributed by atoms with Crippen LogP contribution in [-0.2, 0) is 4.74 Å². The summed E-state index contributed by atoms with van der Waals surface area (Å²) in [5.41, 5.74) is 0.301. The topological polar surface area (TPSA) is 12.5 Å². The van der Waals surface area contributed by atoms with Gasteiger partial charge < -0.3 is 9.64 Å². The van der Waals surface area contributed by atoms with Crippen molar-refractivity contribution >= 4 is 0 Å². The van der Waals surface area contributed by atoms with Crippen molar-refractivity contribution in [3.63, 3.8) is 0 Å². The first-order chi connectivity index (χ1) is 6.97. The second-order valence-corrected chi connectivity index (χ2v) is 5.30. The number of methoxy groups -OCH3 is 1. The molecule has 0 aliphatic heterocycles. The lowest BCUT2D eigenvalue weighted by Crippen LogP contribution is -2.39. The van der Waals surface area contributed by atoms with Crippen LogP contribution in [0.5, 0.6) is 0 Å². The van der Waals surface area contributed by atoms with E-state index in [0.29, 0.717) is 5.41 Å². The molecular weight excluding hydrogens is 186 g/mol. The van der Waals surface area contributed by atoms with Gasteiger partial charge >= 0.3 is 0 Å². The van der Waals surface area contributed by atoms with E-state index >= 15 is 0 Å². The predicted molar refractivity (Wildman–Crippen MR) is 67.2 cm³/mol. The Morgan fingerprint density at radius 1 is 1.20 bits per heavy atom. The molecule has 0 aromatic rings. The minimum absolute atomic E-state index is 0.301. The molecule has 2 heteroatoms. The summed E-state index contributed by atoms with van der Waals surface area (Å²) >= 11 is 0. The summed E-state index contributed by atoms with van der Waals surface area (Å²) in [5, 5.41) is 0. The number of rotatable bonds is 8. The molecule has 0 aliphatic carbocycles. The molecular formula is C13H29NO. The molecule has 2 nitrogen and oxygen atoms in total. The van der Waals surface area contributed by atoms with E-state index in [1.54, 1.807) is 7.11 Å². The highest BCUT2D eigenvalue weighted by Gasteiger charge is 2.27. The van der Waals surface area contributed by atoms with Crippen LogP contribution in [-0.4, -0.2) is 38.3 Å². The van der Waals surface area contributed by atoms with E-state index in [4.69, 9.17) is 4.74 Å². The fraction of sp³-hybridized carbons (Fsp3) is 1.00. The molecule has 0 saturated heterocycles. The lowest BCUT2D eigenvalue weighted by atomic mass is 9.82. The third-order valence-corrected chi connectivity index (χ3v) is 2.89. The van der Waals surface area contributed by atoms with E-state index in [1.165, 1.54) is 6.42 Å². The van der Waals surface area contributed by atoms with Gasteiger partial charge in [0, 0.05) is 19.1 Å². The third kappa shape index (κ3) is 6.16. The molecule has 0 N–H and O–H groups in total. The summed E-state index contributed by atoms with van der Waals surface area (Å²) in [7, 11) is 1.81. The van der Waals surface area contributed by atoms with Gasteiger partial charge in [-0.25, -0.2) is 0 Å². The molecule has 0 heterocycles. The van der Waals surface area contributed by atoms with Crippen LogP contribution in [0.2, 0.25) is 0 Å². The minimum Gasteiger partial charge on any atom is -0.384 e. The SMILES string of the molecule is CCN(CC)CC(C)(COC)CC(C)C. The van der Waals surface area contributed by atoms with Gasteiger partial charge in [-0.05, 0) is 25.4 Å². The quantitative estimate of drug-likeness (QED) is 0.617. The van der Waals surface area contributed by atoms with Crippen molar-refractivity contribution in [3.05, 3.63) is 0 Å². The molecule has 92 valence electrons. The second-order valence-electron chi connectivity index (χ2n) is 5.30. The van der Waals surface area contributed by atoms with Crippen molar-refractivity contribution in [3.8, 4) is 0 Å². The van der Waals surface area contributed by atoms with Gasteiger partial charge in [-0.3, -0.25) is 0 Å². The van der Waals surface area contributed by atoms with Gasteiger partial charge in [0.15, 0.2) is 0 Å². The second kappa shape index (κ2) is 7.24. The van der Waals surface area contributed by atoms with Gasteiger partial charge in [0.2, 0.25) is 0 Å². The standard InChI is InChI=1S/C13H29NO/c1-7-14(8-2)10-13(5,11-15-6)9-12(3)4/h12H,7-11H2,1-6H3. The normalized spacial score (nSPS) is 16.0. The number of hydrogen-bond donors (Lipinski definition) is 0. The van der Waals surface area contributed by atoms with Crippen LogP contribution < -0.4 is 0 Å². The smallest absolute Gasteiger partial charge is 0.0528 e. The fourth-order valence-electron chi connectivity index (χ4n) is 2.49. The molecule has 0 fully saturated rings. The van der Waals surface area contributed by atoms with Crippen LogP contribution in [0.25, 0.3) is 0 Å². The lowest BCUT2D eigenvalue weighted by Gasteiger charge is -2.35. The van der Waals surface area contributed by atoms with Gasteiger partial charge in [-0.1, -0.05) is 34.6 Å². The average molecular weight is 215 g/mol. The monoisotopic (exact) mass is 215 g/mol. The first kappa shape index (κ1) is 14.9. The molecule has 1 unspecified atom stereocenters. The van der Waals surface area contributed by atoms with E-state index in [0.717, 1.165) is 32.2 Å². The molecule has 15 heavy (non-hydrogen) atoms. The van der Waals surface area contributed by atoms with Crippen LogP contribution in [0.15, 0.2) is 0 Å². The fourth-order valence-corrected chi connectivity index (χ4v) is 2.49. The summed E-state index contributed by atoms with van der Waals surface area (Å²) in [5.74, 6) is 0.737. The van der Waals surface area contributed by atoms with E-state index in [9.17, 15) is 0 Å². The Bertz CT molecular complexity index is 155. The highest BCUT2D eigenvalue weighted by atomic mass is 16.5. The first-order valence-corrected chi connectivity index (χ1v) is 6.18. The molecule has 0 aliphatic rings. The molecule has 0 amide bonds. The van der Waals surface area contributed by atoms with Crippen LogP contribution in [0, 0.1) is 11.3 Å². The Hall–Kier alpha value is -0.0800. The maximum Gasteiger partial charge on any atom is 0.0528 e. The number of ether oxygens (including phenoxy) is 1. The van der Waals surface area contributed by atoms with E-state index in [1.807, 2.05) is 0 Å². The van der Waals surface area contributed by atoms with Crippen molar-refractivity contribution in [2.45, 2.75) is 41.0 Å². The Morgan fingerprint density at radius 3 is 2.07 bits per heavy atom. The molecule has 0 radical (unpaired) electrons. The van der Waals surface area contributed by atoms with Crippen molar-refractivity contribution in [2.24, 2.45) is 11.3 Å². The highest BCUT2D eigenvalue weighted by molar-refractivity contribution is 4.79. The lowest BCUT2D eigenvalue weighted by molar-refractivity contribution is 0.0453. The van der Waals surface area contributed by atoms with E-state index in [-0.39, 0.29) is 0 Å². The summed E-state index contributed by atoms with van der Waals surface area (Å²) in [4.78, 5) is 2.49. The molecule has 0 saturated carbocycles. The number of hydrogen-bond acceptors (Lipinski definition) is 2. The average Bonchev–Trinajstić information content (AvgIpc) is 2.13. The largest absolute Gasteiger partial charge is 0.384 e. The van der Waals surface area contributed by atoms with Crippen LogP contribution in [0.3, 0.4) is 0 Å². The summed E-state index contributed by atoms with van der Waals surface area (Å²) in [6.07, 6.45) is 1.23. The molecule has 0 aromatic heterocycles. The maximum absolute atomic E-state index is 5.37. The van der Waals surface area contributed by atoms with Gasteiger partial charge in [0.1, 0.15) is 0 Å². The van der Waals surface area contributed by atoms with Gasteiger partial charge in [-0.15, -0.1) is 0 Å². The predicted octanol–water partition coefficient (Wildman–Crippen LogP) is 3.03. The third-order valence-electron chi connectivity index (χ3n) is 2.89. The summed E-state index contributed by atoms with van der Waals surface area (Å²) in [6.45, 7) is 15.6. The highest BCUT2D eigenvalue weighted by Crippen LogP contribution is 2.27. The molecule has 0 rings (SSSR count). The van der Waals surface area contributed by atoms with Crippen LogP contribution >= 0.6 is 0 Å². The Labute approximate surface area is 96.0 Å². The van der Waals surface area contributed by atoms with E-state index in [2.05, 4.69) is 39.5 Å². The Balaban J connectivity index is 4.34. The first-order valence-electron chi connectivity index (χ1n) is 6.18. The summed E-state index contributed by atoms with van der Waals surface area (Å²) in [6, 6.07) is 0. The molecule has 0 spiro atoms. The minimum atomic E-state index is 0.301. The van der Waals surface area contributed by atoms with Crippen LogP contribution in [0.1, 0.15) is 41.0 Å². The van der Waals surface area contributed by atoms with Crippen molar-refractivity contribution in [1.82, 2.24) is 4.90 Å². The maximum atomic E-state index is 5.37. The Morgan fingerprint density at radius 2 is 1.73 bits per heavy atom.